The first-order valence-corrected chi connectivity index (χ1v) is 8.85. The first-order valence-electron chi connectivity index (χ1n) is 8.85. The number of nitrogens with zero attached hydrogens (tertiary/aromatic N) is 2. The Hall–Kier alpha value is -2.33. The van der Waals surface area contributed by atoms with Gasteiger partial charge in [0.05, 0.1) is 12.7 Å². The summed E-state index contributed by atoms with van der Waals surface area (Å²) in [5.41, 5.74) is 3.06. The molecule has 25 heavy (non-hydrogen) atoms. The second kappa shape index (κ2) is 8.17. The lowest BCUT2D eigenvalue weighted by Gasteiger charge is -2.32. The molecule has 4 heteroatoms. The molecule has 0 spiro atoms. The SMILES string of the molecule is CN(C)c1ccc(C(=O)N2CCC(OCc3ccccc3)CC2)cc1. The average molecular weight is 338 g/mol. The van der Waals surface area contributed by atoms with E-state index in [0.29, 0.717) is 6.61 Å². The number of carbonyl (C=O) groups excluding carboxylic acids is 1. The Kier molecular flexibility index (Phi) is 5.71. The summed E-state index contributed by atoms with van der Waals surface area (Å²) in [5.74, 6) is 0.117. The quantitative estimate of drug-likeness (QED) is 0.835. The van der Waals surface area contributed by atoms with E-state index in [2.05, 4.69) is 12.1 Å². The van der Waals surface area contributed by atoms with Crippen LogP contribution >= 0.6 is 0 Å². The van der Waals surface area contributed by atoms with Crippen LogP contribution in [0.5, 0.6) is 0 Å². The lowest BCUT2D eigenvalue weighted by molar-refractivity contribution is -0.000378. The van der Waals surface area contributed by atoms with E-state index in [4.69, 9.17) is 4.74 Å². The van der Waals surface area contributed by atoms with Gasteiger partial charge in [0, 0.05) is 38.4 Å². The Morgan fingerprint density at radius 3 is 2.28 bits per heavy atom. The molecule has 1 heterocycles. The molecule has 3 rings (SSSR count). The van der Waals surface area contributed by atoms with Crippen LogP contribution in [0.4, 0.5) is 5.69 Å². The third-order valence-corrected chi connectivity index (χ3v) is 4.69. The van der Waals surface area contributed by atoms with Crippen molar-refractivity contribution in [2.75, 3.05) is 32.1 Å². The molecule has 132 valence electrons. The summed E-state index contributed by atoms with van der Waals surface area (Å²) in [5, 5.41) is 0. The fourth-order valence-corrected chi connectivity index (χ4v) is 3.10. The summed E-state index contributed by atoms with van der Waals surface area (Å²) >= 11 is 0. The third kappa shape index (κ3) is 4.60. The van der Waals surface area contributed by atoms with Gasteiger partial charge in [-0.1, -0.05) is 30.3 Å². The van der Waals surface area contributed by atoms with Gasteiger partial charge in [0.1, 0.15) is 0 Å². The first-order chi connectivity index (χ1) is 12.1. The van der Waals surface area contributed by atoms with Crippen molar-refractivity contribution in [1.29, 1.82) is 0 Å². The highest BCUT2D eigenvalue weighted by molar-refractivity contribution is 5.94. The van der Waals surface area contributed by atoms with Gasteiger partial charge in [-0.3, -0.25) is 4.79 Å². The molecule has 0 unspecified atom stereocenters. The van der Waals surface area contributed by atoms with Crippen LogP contribution in [0.1, 0.15) is 28.8 Å². The molecule has 2 aromatic carbocycles. The number of hydrogen-bond acceptors (Lipinski definition) is 3. The number of rotatable bonds is 5. The highest BCUT2D eigenvalue weighted by Crippen LogP contribution is 2.19. The first kappa shape index (κ1) is 17.5. The second-order valence-corrected chi connectivity index (χ2v) is 6.73. The van der Waals surface area contributed by atoms with E-state index in [1.165, 1.54) is 5.56 Å². The van der Waals surface area contributed by atoms with E-state index < -0.39 is 0 Å². The maximum absolute atomic E-state index is 12.6. The van der Waals surface area contributed by atoms with Crippen LogP contribution in [0.2, 0.25) is 0 Å². The van der Waals surface area contributed by atoms with Crippen LogP contribution in [0, 0.1) is 0 Å². The van der Waals surface area contributed by atoms with Crippen molar-refractivity contribution in [2.45, 2.75) is 25.6 Å². The fourth-order valence-electron chi connectivity index (χ4n) is 3.10. The largest absolute Gasteiger partial charge is 0.378 e. The molecule has 0 saturated carbocycles. The molecule has 4 nitrogen and oxygen atoms in total. The minimum absolute atomic E-state index is 0.117. The van der Waals surface area contributed by atoms with E-state index in [0.717, 1.165) is 37.2 Å². The van der Waals surface area contributed by atoms with Gasteiger partial charge in [-0.15, -0.1) is 0 Å². The van der Waals surface area contributed by atoms with Crippen LogP contribution in [0.15, 0.2) is 54.6 Å². The number of likely N-dealkylation sites (tertiary alicyclic amines) is 1. The molecule has 1 aliphatic rings. The molecule has 0 aliphatic carbocycles. The van der Waals surface area contributed by atoms with Crippen molar-refractivity contribution in [3.8, 4) is 0 Å². The summed E-state index contributed by atoms with van der Waals surface area (Å²) in [6.45, 7) is 2.16. The van der Waals surface area contributed by atoms with Crippen LogP contribution in [-0.4, -0.2) is 44.1 Å². The van der Waals surface area contributed by atoms with Crippen molar-refractivity contribution < 1.29 is 9.53 Å². The normalized spacial score (nSPS) is 15.2. The number of amides is 1. The van der Waals surface area contributed by atoms with E-state index in [-0.39, 0.29) is 12.0 Å². The summed E-state index contributed by atoms with van der Waals surface area (Å²) in [6, 6.07) is 18.0. The van der Waals surface area contributed by atoms with Gasteiger partial charge in [-0.25, -0.2) is 0 Å². The van der Waals surface area contributed by atoms with Gasteiger partial charge in [0.2, 0.25) is 0 Å². The number of hydrogen-bond donors (Lipinski definition) is 0. The van der Waals surface area contributed by atoms with Crippen molar-refractivity contribution in [3.05, 3.63) is 65.7 Å². The number of anilines is 1. The number of benzene rings is 2. The zero-order chi connectivity index (χ0) is 17.6. The molecule has 1 saturated heterocycles. The average Bonchev–Trinajstić information content (AvgIpc) is 2.67. The predicted molar refractivity (Wildman–Crippen MR) is 101 cm³/mol. The lowest BCUT2D eigenvalue weighted by Crippen LogP contribution is -2.40. The molecule has 0 N–H and O–H groups in total. The number of ether oxygens (including phenoxy) is 1. The van der Waals surface area contributed by atoms with Gasteiger partial charge in [-0.05, 0) is 42.7 Å². The molecule has 0 atom stereocenters. The molecule has 1 aliphatic heterocycles. The van der Waals surface area contributed by atoms with E-state index >= 15 is 0 Å². The van der Waals surface area contributed by atoms with Gasteiger partial charge in [-0.2, -0.15) is 0 Å². The zero-order valence-electron chi connectivity index (χ0n) is 15.0. The van der Waals surface area contributed by atoms with Crippen LogP contribution < -0.4 is 4.90 Å². The van der Waals surface area contributed by atoms with E-state index in [9.17, 15) is 4.79 Å². The third-order valence-electron chi connectivity index (χ3n) is 4.69. The van der Waals surface area contributed by atoms with Gasteiger partial charge in [0.15, 0.2) is 0 Å². The maximum Gasteiger partial charge on any atom is 0.253 e. The Balaban J connectivity index is 1.49. The zero-order valence-corrected chi connectivity index (χ0v) is 15.0. The monoisotopic (exact) mass is 338 g/mol. The second-order valence-electron chi connectivity index (χ2n) is 6.73. The van der Waals surface area contributed by atoms with Gasteiger partial charge < -0.3 is 14.5 Å². The molecular formula is C21H26N2O2. The van der Waals surface area contributed by atoms with Crippen molar-refractivity contribution in [2.24, 2.45) is 0 Å². The topological polar surface area (TPSA) is 32.8 Å². The Morgan fingerprint density at radius 2 is 1.68 bits per heavy atom. The minimum Gasteiger partial charge on any atom is -0.378 e. The highest BCUT2D eigenvalue weighted by Gasteiger charge is 2.24. The molecule has 2 aromatic rings. The van der Waals surface area contributed by atoms with Crippen molar-refractivity contribution in [1.82, 2.24) is 4.90 Å². The standard InChI is InChI=1S/C21H26N2O2/c1-22(2)19-10-8-18(9-11-19)21(24)23-14-12-20(13-15-23)25-16-17-6-4-3-5-7-17/h3-11,20H,12-16H2,1-2H3. The molecule has 1 fully saturated rings. The minimum atomic E-state index is 0.117. The Bertz CT molecular complexity index is 675. The van der Waals surface area contributed by atoms with Gasteiger partial charge in [0.25, 0.3) is 5.91 Å². The van der Waals surface area contributed by atoms with Crippen molar-refractivity contribution >= 4 is 11.6 Å². The molecule has 1 amide bonds. The predicted octanol–water partition coefficient (Wildman–Crippen LogP) is 3.57. The number of carbonyl (C=O) groups is 1. The van der Waals surface area contributed by atoms with E-state index in [1.54, 1.807) is 0 Å². The molecular weight excluding hydrogens is 312 g/mol. The molecule has 0 bridgehead atoms. The van der Waals surface area contributed by atoms with Crippen molar-refractivity contribution in [3.63, 3.8) is 0 Å². The van der Waals surface area contributed by atoms with Gasteiger partial charge >= 0.3 is 0 Å². The summed E-state index contributed by atoms with van der Waals surface area (Å²) in [7, 11) is 3.99. The smallest absolute Gasteiger partial charge is 0.253 e. The molecule has 0 aromatic heterocycles. The van der Waals surface area contributed by atoms with Crippen LogP contribution in [-0.2, 0) is 11.3 Å². The summed E-state index contributed by atoms with van der Waals surface area (Å²) < 4.78 is 6.00. The Labute approximate surface area is 150 Å². The summed E-state index contributed by atoms with van der Waals surface area (Å²) in [4.78, 5) is 16.6. The fraction of sp³-hybridized carbons (Fsp3) is 0.381. The molecule has 0 radical (unpaired) electrons. The van der Waals surface area contributed by atoms with E-state index in [1.807, 2.05) is 66.4 Å². The lowest BCUT2D eigenvalue weighted by atomic mass is 10.1. The number of piperidine rings is 1. The van der Waals surface area contributed by atoms with Crippen LogP contribution in [0.3, 0.4) is 0 Å². The maximum atomic E-state index is 12.6. The summed E-state index contributed by atoms with van der Waals surface area (Å²) in [6.07, 6.45) is 2.03. The Morgan fingerprint density at radius 1 is 1.04 bits per heavy atom. The highest BCUT2D eigenvalue weighted by atomic mass is 16.5. The van der Waals surface area contributed by atoms with Crippen LogP contribution in [0.25, 0.3) is 0 Å².